The van der Waals surface area contributed by atoms with Gasteiger partial charge in [-0.1, -0.05) is 0 Å². The molecule has 0 spiro atoms. The van der Waals surface area contributed by atoms with E-state index in [0.29, 0.717) is 52.0 Å². The third kappa shape index (κ3) is 5.44. The van der Waals surface area contributed by atoms with E-state index in [1.54, 1.807) is 36.6 Å². The predicted octanol–water partition coefficient (Wildman–Crippen LogP) is 2.21. The van der Waals surface area contributed by atoms with Gasteiger partial charge in [0.15, 0.2) is 0 Å². The number of nitrogens with zero attached hydrogens (tertiary/aromatic N) is 7. The van der Waals surface area contributed by atoms with Gasteiger partial charge in [-0.2, -0.15) is 0 Å². The number of hydrogen-bond acceptors (Lipinski definition) is 11. The van der Waals surface area contributed by atoms with Gasteiger partial charge in [-0.3, -0.25) is 24.7 Å². The van der Waals surface area contributed by atoms with Crippen molar-refractivity contribution >= 4 is 28.9 Å². The quantitative estimate of drug-likeness (QED) is 0.347. The number of amides is 1. The van der Waals surface area contributed by atoms with E-state index in [2.05, 4.69) is 42.2 Å². The van der Waals surface area contributed by atoms with Crippen LogP contribution in [0, 0.1) is 5.92 Å². The Morgan fingerprint density at radius 1 is 1.12 bits per heavy atom. The number of aliphatic hydroxyl groups excluding tert-OH is 1. The van der Waals surface area contributed by atoms with Crippen molar-refractivity contribution in [3.63, 3.8) is 0 Å². The Hall–Kier alpha value is -4.30. The molecule has 5 aliphatic heterocycles. The van der Waals surface area contributed by atoms with Gasteiger partial charge >= 0.3 is 0 Å². The Balaban J connectivity index is 1.03. The molecule has 3 unspecified atom stereocenters. The maximum atomic E-state index is 13.8. The van der Waals surface area contributed by atoms with Crippen LogP contribution in [-0.4, -0.2) is 99.0 Å². The molecule has 13 heteroatoms. The number of piperidine rings is 1. The highest BCUT2D eigenvalue weighted by Gasteiger charge is 2.47. The molecule has 48 heavy (non-hydrogen) atoms. The Morgan fingerprint density at radius 3 is 2.75 bits per heavy atom. The number of pyridine rings is 3. The van der Waals surface area contributed by atoms with E-state index in [-0.39, 0.29) is 30.3 Å². The highest BCUT2D eigenvalue weighted by Crippen LogP contribution is 2.39. The average Bonchev–Trinajstić information content (AvgIpc) is 3.46. The van der Waals surface area contributed by atoms with Crippen molar-refractivity contribution in [2.24, 2.45) is 13.0 Å². The molecule has 5 aliphatic rings. The fourth-order valence-electron chi connectivity index (χ4n) is 8.08. The monoisotopic (exact) mass is 653 g/mol. The number of rotatable bonds is 7. The summed E-state index contributed by atoms with van der Waals surface area (Å²) in [6, 6.07) is 8.14. The molecule has 252 valence electrons. The van der Waals surface area contributed by atoms with E-state index in [1.165, 1.54) is 4.57 Å². The first-order valence-electron chi connectivity index (χ1n) is 17.0. The average molecular weight is 654 g/mol. The van der Waals surface area contributed by atoms with Crippen molar-refractivity contribution in [2.75, 3.05) is 54.5 Å². The summed E-state index contributed by atoms with van der Waals surface area (Å²) >= 11 is 0. The zero-order valence-electron chi connectivity index (χ0n) is 27.5. The van der Waals surface area contributed by atoms with E-state index in [0.717, 1.165) is 64.3 Å². The van der Waals surface area contributed by atoms with Gasteiger partial charge in [0.1, 0.15) is 23.4 Å². The topological polar surface area (TPSA) is 131 Å². The minimum absolute atomic E-state index is 0.0466. The number of piperazine rings is 1. The third-order valence-corrected chi connectivity index (χ3v) is 10.7. The molecule has 0 aromatic carbocycles. The van der Waals surface area contributed by atoms with E-state index in [9.17, 15) is 14.7 Å². The standard InChI is InChI=1S/C35H43N9O4/c1-22-17-41(26-20-48-21-26)10-11-42(22)25-5-6-31(38-16-25)39-29-14-24(18-40(2)34(29)46)27-7-9-37-33(28(27)19-45)44-13-12-43-30(35(44)47)15-23-4-3-8-36-32(23)43/h5-7,9,12-14,16,18,22-23,26,30,32,36,45H,3-4,8,10-11,15,17,19-21H2,1-2H3,(H,38,39)/t22-,23?,30?,32?/m0/s1. The molecule has 4 fully saturated rings. The summed E-state index contributed by atoms with van der Waals surface area (Å²) in [5, 5.41) is 17.4. The Bertz CT molecular complexity index is 1770. The van der Waals surface area contributed by atoms with Crippen LogP contribution in [0.2, 0.25) is 0 Å². The second-order valence-electron chi connectivity index (χ2n) is 13.6. The molecule has 13 nitrogen and oxygen atoms in total. The first kappa shape index (κ1) is 31.0. The zero-order valence-corrected chi connectivity index (χ0v) is 27.5. The van der Waals surface area contributed by atoms with Gasteiger partial charge in [0.05, 0.1) is 43.9 Å². The number of hydrogen-bond donors (Lipinski definition) is 3. The van der Waals surface area contributed by atoms with Gasteiger partial charge in [0, 0.05) is 68.6 Å². The van der Waals surface area contributed by atoms with Gasteiger partial charge in [-0.05, 0) is 68.5 Å². The molecule has 1 amide bonds. The van der Waals surface area contributed by atoms with Crippen molar-refractivity contribution in [3.8, 4) is 11.1 Å². The van der Waals surface area contributed by atoms with Crippen molar-refractivity contribution in [1.82, 2.24) is 29.7 Å². The predicted molar refractivity (Wildman–Crippen MR) is 183 cm³/mol. The molecule has 0 radical (unpaired) electrons. The van der Waals surface area contributed by atoms with Crippen LogP contribution in [0.25, 0.3) is 11.1 Å². The van der Waals surface area contributed by atoms with Crippen LogP contribution in [0.1, 0.15) is 31.7 Å². The summed E-state index contributed by atoms with van der Waals surface area (Å²) in [7, 11) is 1.70. The molecule has 3 aromatic heterocycles. The fraction of sp³-hybridized carbons (Fsp3) is 0.486. The van der Waals surface area contributed by atoms with Crippen molar-refractivity contribution in [1.29, 1.82) is 0 Å². The molecule has 4 atom stereocenters. The number of ether oxygens (including phenoxy) is 1. The molecule has 4 saturated heterocycles. The van der Waals surface area contributed by atoms with Crippen LogP contribution >= 0.6 is 0 Å². The number of nitrogens with one attached hydrogen (secondary N) is 2. The first-order valence-corrected chi connectivity index (χ1v) is 17.0. The van der Waals surface area contributed by atoms with E-state index in [1.807, 2.05) is 30.6 Å². The molecular weight excluding hydrogens is 610 g/mol. The second kappa shape index (κ2) is 12.6. The molecule has 3 N–H and O–H groups in total. The van der Waals surface area contributed by atoms with Crippen LogP contribution in [0.5, 0.6) is 0 Å². The normalized spacial score (nSPS) is 26.0. The highest BCUT2D eigenvalue weighted by molar-refractivity contribution is 6.00. The number of aryl methyl sites for hydroxylation is 1. The summed E-state index contributed by atoms with van der Waals surface area (Å²) in [6.07, 6.45) is 12.2. The maximum Gasteiger partial charge on any atom is 0.274 e. The number of carbonyl (C=O) groups is 1. The van der Waals surface area contributed by atoms with Crippen molar-refractivity contribution in [2.45, 2.75) is 57.1 Å². The Labute approximate surface area is 279 Å². The maximum absolute atomic E-state index is 13.8. The summed E-state index contributed by atoms with van der Waals surface area (Å²) in [6.45, 7) is 7.43. The lowest BCUT2D eigenvalue weighted by atomic mass is 9.94. The number of anilines is 4. The van der Waals surface area contributed by atoms with E-state index >= 15 is 0 Å². The molecule has 8 rings (SSSR count). The summed E-state index contributed by atoms with van der Waals surface area (Å²) in [5.74, 6) is 1.34. The van der Waals surface area contributed by atoms with Crippen LogP contribution in [0.15, 0.2) is 60.1 Å². The van der Waals surface area contributed by atoms with Gasteiger partial charge in [0.2, 0.25) is 0 Å². The summed E-state index contributed by atoms with van der Waals surface area (Å²) < 4.78 is 6.90. The van der Waals surface area contributed by atoms with Crippen molar-refractivity contribution < 1.29 is 14.6 Å². The minimum Gasteiger partial charge on any atom is -0.392 e. The minimum atomic E-state index is -0.326. The molecular formula is C35H43N9O4. The third-order valence-electron chi connectivity index (χ3n) is 10.7. The second-order valence-corrected chi connectivity index (χ2v) is 13.6. The number of aromatic nitrogens is 3. The number of carbonyl (C=O) groups excluding carboxylic acids is 1. The number of aliphatic hydroxyl groups is 1. The highest BCUT2D eigenvalue weighted by atomic mass is 16.5. The SMILES string of the molecule is C[C@H]1CN(C2COC2)CCN1c1ccc(Nc2cc(-c3ccnc(N4C=CN5C(CC6CCCNC65)C4=O)c3CO)cn(C)c2=O)nc1. The van der Waals surface area contributed by atoms with Crippen LogP contribution in [0.4, 0.5) is 23.0 Å². The van der Waals surface area contributed by atoms with Crippen molar-refractivity contribution in [3.05, 3.63) is 71.2 Å². The first-order chi connectivity index (χ1) is 23.4. The van der Waals surface area contributed by atoms with Gasteiger partial charge in [-0.15, -0.1) is 0 Å². The van der Waals surface area contributed by atoms with Crippen LogP contribution in [0.3, 0.4) is 0 Å². The van der Waals surface area contributed by atoms with Gasteiger partial charge < -0.3 is 29.5 Å². The molecule has 0 aliphatic carbocycles. The Morgan fingerprint density at radius 2 is 2.00 bits per heavy atom. The van der Waals surface area contributed by atoms with Gasteiger partial charge in [-0.25, -0.2) is 9.97 Å². The van der Waals surface area contributed by atoms with Crippen LogP contribution < -0.4 is 26.0 Å². The summed E-state index contributed by atoms with van der Waals surface area (Å²) in [5.41, 5.74) is 3.11. The van der Waals surface area contributed by atoms with Crippen LogP contribution in [-0.2, 0) is 23.2 Å². The zero-order chi connectivity index (χ0) is 32.9. The lowest BCUT2D eigenvalue weighted by Gasteiger charge is -2.46. The molecule has 3 aromatic rings. The van der Waals surface area contributed by atoms with E-state index < -0.39 is 0 Å². The van der Waals surface area contributed by atoms with Gasteiger partial charge in [0.25, 0.3) is 11.5 Å². The largest absolute Gasteiger partial charge is 0.392 e. The number of fused-ring (bicyclic) bond motifs is 3. The molecule has 0 saturated carbocycles. The summed E-state index contributed by atoms with van der Waals surface area (Å²) in [4.78, 5) is 44.9. The lowest BCUT2D eigenvalue weighted by Crippen LogP contribution is -2.59. The van der Waals surface area contributed by atoms with E-state index in [4.69, 9.17) is 4.74 Å². The Kier molecular flexibility index (Phi) is 8.15. The fourth-order valence-corrected chi connectivity index (χ4v) is 8.08. The lowest BCUT2D eigenvalue weighted by molar-refractivity contribution is -0.122. The smallest absolute Gasteiger partial charge is 0.274 e. The molecule has 0 bridgehead atoms. The molecule has 8 heterocycles.